The molecule has 130 valence electrons. The van der Waals surface area contributed by atoms with Gasteiger partial charge in [-0.05, 0) is 45.7 Å². The highest BCUT2D eigenvalue weighted by Crippen LogP contribution is 2.24. The largest absolute Gasteiger partial charge is 0.444 e. The smallest absolute Gasteiger partial charge is 0.411 e. The maximum absolute atomic E-state index is 12.3. The molecule has 24 heavy (non-hydrogen) atoms. The van der Waals surface area contributed by atoms with E-state index >= 15 is 0 Å². The van der Waals surface area contributed by atoms with Crippen molar-refractivity contribution in [3.63, 3.8) is 0 Å². The van der Waals surface area contributed by atoms with Crippen LogP contribution in [0.15, 0.2) is 24.3 Å². The Morgan fingerprint density at radius 2 is 1.88 bits per heavy atom. The van der Waals surface area contributed by atoms with Crippen molar-refractivity contribution >= 4 is 17.7 Å². The number of esters is 1. The van der Waals surface area contributed by atoms with Gasteiger partial charge >= 0.3 is 12.1 Å². The first kappa shape index (κ1) is 17.7. The number of benzene rings is 1. The molecule has 1 atom stereocenters. The molecule has 0 aliphatic carbocycles. The van der Waals surface area contributed by atoms with Crippen molar-refractivity contribution in [3.05, 3.63) is 34.4 Å². The van der Waals surface area contributed by atoms with Gasteiger partial charge in [0, 0.05) is 18.7 Å². The van der Waals surface area contributed by atoms with E-state index in [-0.39, 0.29) is 11.4 Å². The van der Waals surface area contributed by atoms with E-state index in [1.54, 1.807) is 20.8 Å². The summed E-state index contributed by atoms with van der Waals surface area (Å²) in [5.41, 5.74) is -0.738. The highest BCUT2D eigenvalue weighted by molar-refractivity contribution is 5.83. The lowest BCUT2D eigenvalue weighted by atomic mass is 10.2. The van der Waals surface area contributed by atoms with E-state index in [1.807, 2.05) is 0 Å². The van der Waals surface area contributed by atoms with Crippen LogP contribution in [0, 0.1) is 10.1 Å². The topological polar surface area (TPSA) is 99.0 Å². The number of ether oxygens (including phenoxy) is 2. The predicted octanol–water partition coefficient (Wildman–Crippen LogP) is 2.90. The van der Waals surface area contributed by atoms with Crippen molar-refractivity contribution in [2.24, 2.45) is 0 Å². The average molecular weight is 336 g/mol. The van der Waals surface area contributed by atoms with Gasteiger partial charge in [0.2, 0.25) is 0 Å². The first-order valence-electron chi connectivity index (χ1n) is 7.63. The van der Waals surface area contributed by atoms with E-state index in [4.69, 9.17) is 9.47 Å². The summed E-state index contributed by atoms with van der Waals surface area (Å²) >= 11 is 0. The highest BCUT2D eigenvalue weighted by Gasteiger charge is 2.37. The first-order chi connectivity index (χ1) is 11.2. The SMILES string of the molecule is CC(C)(C)OC(=O)N1CCC[C@H]1C(=O)Oc1ccc([N+](=O)[O-])cc1. The summed E-state index contributed by atoms with van der Waals surface area (Å²) in [7, 11) is 0. The summed E-state index contributed by atoms with van der Waals surface area (Å²) in [6.45, 7) is 5.69. The van der Waals surface area contributed by atoms with E-state index in [0.29, 0.717) is 19.4 Å². The van der Waals surface area contributed by atoms with Gasteiger partial charge in [0.1, 0.15) is 17.4 Å². The van der Waals surface area contributed by atoms with Crippen LogP contribution >= 0.6 is 0 Å². The fourth-order valence-corrected chi connectivity index (χ4v) is 2.37. The lowest BCUT2D eigenvalue weighted by Gasteiger charge is -2.27. The van der Waals surface area contributed by atoms with E-state index < -0.39 is 28.6 Å². The van der Waals surface area contributed by atoms with Crippen molar-refractivity contribution < 1.29 is 24.0 Å². The van der Waals surface area contributed by atoms with Crippen LogP contribution in [0.4, 0.5) is 10.5 Å². The molecule has 1 heterocycles. The van der Waals surface area contributed by atoms with Crippen LogP contribution in [0.5, 0.6) is 5.75 Å². The molecule has 1 aromatic rings. The molecule has 1 saturated heterocycles. The van der Waals surface area contributed by atoms with Crippen molar-refractivity contribution in [2.45, 2.75) is 45.3 Å². The maximum atomic E-state index is 12.3. The Balaban J connectivity index is 2.02. The number of rotatable bonds is 3. The lowest BCUT2D eigenvalue weighted by Crippen LogP contribution is -2.44. The number of nitro benzene ring substituents is 1. The number of hydrogen-bond acceptors (Lipinski definition) is 6. The molecule has 8 nitrogen and oxygen atoms in total. The van der Waals surface area contributed by atoms with Crippen molar-refractivity contribution in [1.82, 2.24) is 4.90 Å². The normalized spacial score (nSPS) is 17.5. The number of nitrogens with zero attached hydrogens (tertiary/aromatic N) is 2. The minimum Gasteiger partial charge on any atom is -0.444 e. The Kier molecular flexibility index (Phi) is 5.06. The van der Waals surface area contributed by atoms with Crippen LogP contribution in [0.1, 0.15) is 33.6 Å². The summed E-state index contributed by atoms with van der Waals surface area (Å²) in [6.07, 6.45) is 0.621. The number of likely N-dealkylation sites (tertiary alicyclic amines) is 1. The monoisotopic (exact) mass is 336 g/mol. The zero-order chi connectivity index (χ0) is 17.9. The molecule has 1 amide bonds. The molecule has 0 saturated carbocycles. The van der Waals surface area contributed by atoms with Gasteiger partial charge in [-0.25, -0.2) is 9.59 Å². The fraction of sp³-hybridized carbons (Fsp3) is 0.500. The molecule has 0 radical (unpaired) electrons. The number of hydrogen-bond donors (Lipinski definition) is 0. The molecule has 1 fully saturated rings. The lowest BCUT2D eigenvalue weighted by molar-refractivity contribution is -0.384. The summed E-state index contributed by atoms with van der Waals surface area (Å²) < 4.78 is 10.5. The Bertz CT molecular complexity index is 635. The fourth-order valence-electron chi connectivity index (χ4n) is 2.37. The summed E-state index contributed by atoms with van der Waals surface area (Å²) in [4.78, 5) is 35.9. The van der Waals surface area contributed by atoms with Crippen LogP contribution in [0.3, 0.4) is 0 Å². The van der Waals surface area contributed by atoms with E-state index in [9.17, 15) is 19.7 Å². The Morgan fingerprint density at radius 1 is 1.25 bits per heavy atom. The van der Waals surface area contributed by atoms with Crippen LogP contribution in [0.2, 0.25) is 0 Å². The van der Waals surface area contributed by atoms with Crippen molar-refractivity contribution in [2.75, 3.05) is 6.54 Å². The average Bonchev–Trinajstić information content (AvgIpc) is 2.95. The zero-order valence-corrected chi connectivity index (χ0v) is 13.9. The summed E-state index contributed by atoms with van der Waals surface area (Å²) in [5.74, 6) is -0.381. The molecule has 8 heteroatoms. The van der Waals surface area contributed by atoms with Gasteiger partial charge in [-0.2, -0.15) is 0 Å². The molecule has 0 N–H and O–H groups in total. The predicted molar refractivity (Wildman–Crippen MR) is 84.7 cm³/mol. The van der Waals surface area contributed by atoms with Gasteiger partial charge in [0.15, 0.2) is 0 Å². The minimum atomic E-state index is -0.713. The third-order valence-corrected chi connectivity index (χ3v) is 3.42. The number of amides is 1. The molecular formula is C16H20N2O6. The molecule has 1 aliphatic rings. The number of carbonyl (C=O) groups is 2. The molecule has 0 aromatic heterocycles. The standard InChI is InChI=1S/C16H20N2O6/c1-16(2,3)24-15(20)17-10-4-5-13(17)14(19)23-12-8-6-11(7-9-12)18(21)22/h6-9,13H,4-5,10H2,1-3H3/t13-/m0/s1. The Labute approximate surface area is 139 Å². The van der Waals surface area contributed by atoms with Crippen LogP contribution in [0.25, 0.3) is 0 Å². The zero-order valence-electron chi connectivity index (χ0n) is 13.9. The quantitative estimate of drug-likeness (QED) is 0.364. The Morgan fingerprint density at radius 3 is 2.42 bits per heavy atom. The second kappa shape index (κ2) is 6.86. The second-order valence-electron chi connectivity index (χ2n) is 6.50. The third kappa shape index (κ3) is 4.43. The molecule has 2 rings (SSSR count). The van der Waals surface area contributed by atoms with Gasteiger partial charge in [-0.3, -0.25) is 15.0 Å². The van der Waals surface area contributed by atoms with E-state index in [1.165, 1.54) is 29.2 Å². The molecule has 0 unspecified atom stereocenters. The van der Waals surface area contributed by atoms with Crippen LogP contribution < -0.4 is 4.74 Å². The van der Waals surface area contributed by atoms with Gasteiger partial charge in [0.25, 0.3) is 5.69 Å². The first-order valence-corrected chi connectivity index (χ1v) is 7.63. The number of non-ortho nitro benzene ring substituents is 1. The maximum Gasteiger partial charge on any atom is 0.411 e. The van der Waals surface area contributed by atoms with Crippen LogP contribution in [-0.2, 0) is 9.53 Å². The van der Waals surface area contributed by atoms with Crippen molar-refractivity contribution in [3.8, 4) is 5.75 Å². The molecule has 0 spiro atoms. The molecular weight excluding hydrogens is 316 g/mol. The Hall–Kier alpha value is -2.64. The van der Waals surface area contributed by atoms with Gasteiger partial charge in [0.05, 0.1) is 4.92 Å². The number of nitro groups is 1. The second-order valence-corrected chi connectivity index (χ2v) is 6.50. The van der Waals surface area contributed by atoms with E-state index in [2.05, 4.69) is 0 Å². The molecule has 0 bridgehead atoms. The molecule has 1 aromatic carbocycles. The van der Waals surface area contributed by atoms with Crippen molar-refractivity contribution in [1.29, 1.82) is 0 Å². The van der Waals surface area contributed by atoms with Gasteiger partial charge in [-0.15, -0.1) is 0 Å². The highest BCUT2D eigenvalue weighted by atomic mass is 16.6. The molecule has 1 aliphatic heterocycles. The van der Waals surface area contributed by atoms with E-state index in [0.717, 1.165) is 0 Å². The summed E-state index contributed by atoms with van der Waals surface area (Å²) in [6, 6.07) is 4.49. The van der Waals surface area contributed by atoms with Gasteiger partial charge in [-0.1, -0.05) is 0 Å². The minimum absolute atomic E-state index is 0.0916. The van der Waals surface area contributed by atoms with Gasteiger partial charge < -0.3 is 9.47 Å². The van der Waals surface area contributed by atoms with Crippen LogP contribution in [-0.4, -0.2) is 40.1 Å². The number of carbonyl (C=O) groups excluding carboxylic acids is 2. The summed E-state index contributed by atoms with van der Waals surface area (Å²) in [5, 5.41) is 10.6. The third-order valence-electron chi connectivity index (χ3n) is 3.42.